The molecule has 0 aromatic heterocycles. The number of nitrogens with zero attached hydrogens (tertiary/aromatic N) is 1. The normalized spacial score (nSPS) is 17.5. The lowest BCUT2D eigenvalue weighted by Gasteiger charge is -2.23. The molecule has 10 nitrogen and oxygen atoms in total. The van der Waals surface area contributed by atoms with Crippen molar-refractivity contribution in [1.82, 2.24) is 16.0 Å². The van der Waals surface area contributed by atoms with Crippen LogP contribution < -0.4 is 27.4 Å². The van der Waals surface area contributed by atoms with E-state index in [1.807, 2.05) is 30.3 Å². The summed E-state index contributed by atoms with van der Waals surface area (Å²) >= 11 is 0. The second-order valence-electron chi connectivity index (χ2n) is 7.25. The maximum Gasteiger partial charge on any atom is 0.326 e. The predicted molar refractivity (Wildman–Crippen MR) is 113 cm³/mol. The summed E-state index contributed by atoms with van der Waals surface area (Å²) in [6.07, 6.45) is 2.40. The molecule has 8 N–H and O–H groups in total. The number of carboxylic acids is 1. The zero-order valence-corrected chi connectivity index (χ0v) is 16.8. The summed E-state index contributed by atoms with van der Waals surface area (Å²) in [5.74, 6) is -2.03. The third-order valence-electron chi connectivity index (χ3n) is 4.85. The van der Waals surface area contributed by atoms with Crippen molar-refractivity contribution < 1.29 is 19.5 Å². The van der Waals surface area contributed by atoms with Crippen LogP contribution in [0.15, 0.2) is 35.3 Å². The molecular weight excluding hydrogens is 388 g/mol. The van der Waals surface area contributed by atoms with Gasteiger partial charge in [0.1, 0.15) is 12.1 Å². The summed E-state index contributed by atoms with van der Waals surface area (Å²) in [5, 5.41) is 17.9. The molecule has 0 saturated carbocycles. The number of carbonyl (C=O) groups is 3. The van der Waals surface area contributed by atoms with E-state index in [-0.39, 0.29) is 37.3 Å². The molecule has 1 saturated heterocycles. The lowest BCUT2D eigenvalue weighted by atomic mass is 10.0. The molecule has 1 aromatic rings. The van der Waals surface area contributed by atoms with Gasteiger partial charge >= 0.3 is 5.97 Å². The number of carbonyl (C=O) groups excluding carboxylic acids is 2. The number of aliphatic carboxylic acids is 1. The van der Waals surface area contributed by atoms with Gasteiger partial charge in [0.15, 0.2) is 5.96 Å². The molecule has 1 aromatic carbocycles. The number of benzene rings is 1. The van der Waals surface area contributed by atoms with Crippen LogP contribution in [0.5, 0.6) is 0 Å². The minimum absolute atomic E-state index is 0.0722. The molecule has 1 aliphatic heterocycles. The maximum absolute atomic E-state index is 12.9. The van der Waals surface area contributed by atoms with Crippen LogP contribution in [0.4, 0.5) is 0 Å². The molecule has 1 aliphatic rings. The van der Waals surface area contributed by atoms with Crippen molar-refractivity contribution >= 4 is 23.7 Å². The van der Waals surface area contributed by atoms with Crippen molar-refractivity contribution in [2.75, 3.05) is 13.1 Å². The highest BCUT2D eigenvalue weighted by Gasteiger charge is 2.29. The highest BCUT2D eigenvalue weighted by atomic mass is 16.4. The third-order valence-corrected chi connectivity index (χ3v) is 4.85. The smallest absolute Gasteiger partial charge is 0.326 e. The molecule has 3 atom stereocenters. The Bertz CT molecular complexity index is 745. The van der Waals surface area contributed by atoms with Gasteiger partial charge in [-0.3, -0.25) is 14.6 Å². The number of rotatable bonds is 11. The predicted octanol–water partition coefficient (Wildman–Crippen LogP) is -0.911. The summed E-state index contributed by atoms with van der Waals surface area (Å²) in [4.78, 5) is 40.8. The maximum atomic E-state index is 12.9. The monoisotopic (exact) mass is 418 g/mol. The van der Waals surface area contributed by atoms with E-state index in [4.69, 9.17) is 11.5 Å². The van der Waals surface area contributed by atoms with E-state index in [1.54, 1.807) is 0 Å². The summed E-state index contributed by atoms with van der Waals surface area (Å²) in [5.41, 5.74) is 11.4. The zero-order valence-electron chi connectivity index (χ0n) is 16.8. The number of nitrogens with one attached hydrogen (secondary N) is 3. The fourth-order valence-electron chi connectivity index (χ4n) is 3.27. The van der Waals surface area contributed by atoms with Gasteiger partial charge in [-0.25, -0.2) is 4.79 Å². The van der Waals surface area contributed by atoms with Gasteiger partial charge in [-0.1, -0.05) is 30.3 Å². The lowest BCUT2D eigenvalue weighted by Crippen LogP contribution is -2.55. The SMILES string of the molecule is NC(N)=NCCCC(NC(=O)C(Cc1ccccc1)NC(=O)[C@H]1CCCN1)C(=O)O. The Morgan fingerprint density at radius 3 is 2.50 bits per heavy atom. The fourth-order valence-corrected chi connectivity index (χ4v) is 3.27. The zero-order chi connectivity index (χ0) is 21.9. The Kier molecular flexibility index (Phi) is 9.07. The van der Waals surface area contributed by atoms with E-state index in [0.29, 0.717) is 12.8 Å². The Morgan fingerprint density at radius 1 is 1.17 bits per heavy atom. The fraction of sp³-hybridized carbons (Fsp3) is 0.500. The van der Waals surface area contributed by atoms with Crippen LogP contribution in [0, 0.1) is 0 Å². The first kappa shape index (κ1) is 23.1. The van der Waals surface area contributed by atoms with Crippen molar-refractivity contribution in [3.05, 3.63) is 35.9 Å². The number of hydrogen-bond acceptors (Lipinski definition) is 5. The number of hydrogen-bond donors (Lipinski definition) is 6. The standard InChI is InChI=1S/C20H30N6O4/c21-20(22)24-11-5-9-15(19(29)30)25-18(28)16(12-13-6-2-1-3-7-13)26-17(27)14-8-4-10-23-14/h1-3,6-7,14-16,23H,4-5,8-12H2,(H,25,28)(H,26,27)(H,29,30)(H4,21,22,24)/t14-,15?,16?/m1/s1. The van der Waals surface area contributed by atoms with Crippen LogP contribution in [0.2, 0.25) is 0 Å². The van der Waals surface area contributed by atoms with E-state index < -0.39 is 24.0 Å². The number of nitrogens with two attached hydrogens (primary N) is 2. The van der Waals surface area contributed by atoms with Crippen molar-refractivity contribution in [3.63, 3.8) is 0 Å². The van der Waals surface area contributed by atoms with Gasteiger partial charge < -0.3 is 32.5 Å². The van der Waals surface area contributed by atoms with Crippen molar-refractivity contribution in [1.29, 1.82) is 0 Å². The largest absolute Gasteiger partial charge is 0.480 e. The molecular formula is C20H30N6O4. The summed E-state index contributed by atoms with van der Waals surface area (Å²) in [6.45, 7) is 1.02. The number of aliphatic imine (C=N–C) groups is 1. The molecule has 30 heavy (non-hydrogen) atoms. The lowest BCUT2D eigenvalue weighted by molar-refractivity contribution is -0.142. The van der Waals surface area contributed by atoms with Crippen molar-refractivity contribution in [3.8, 4) is 0 Å². The second-order valence-corrected chi connectivity index (χ2v) is 7.25. The number of carboxylic acid groups (broad SMARTS) is 1. The topological polar surface area (TPSA) is 172 Å². The summed E-state index contributed by atoms with van der Waals surface area (Å²) in [7, 11) is 0. The van der Waals surface area contributed by atoms with Crippen LogP contribution in [0.3, 0.4) is 0 Å². The Balaban J connectivity index is 2.04. The van der Waals surface area contributed by atoms with Crippen molar-refractivity contribution in [2.45, 2.75) is 50.2 Å². The van der Waals surface area contributed by atoms with Crippen LogP contribution in [0.25, 0.3) is 0 Å². The number of guanidine groups is 1. The molecule has 0 spiro atoms. The molecule has 2 rings (SSSR count). The molecule has 10 heteroatoms. The average molecular weight is 418 g/mol. The van der Waals surface area contributed by atoms with Gasteiger partial charge in [-0.15, -0.1) is 0 Å². The van der Waals surface area contributed by atoms with Crippen molar-refractivity contribution in [2.24, 2.45) is 16.5 Å². The number of amides is 2. The van der Waals surface area contributed by atoms with Crippen LogP contribution in [0.1, 0.15) is 31.2 Å². The first-order chi connectivity index (χ1) is 14.4. The van der Waals surface area contributed by atoms with Gasteiger partial charge in [0, 0.05) is 13.0 Å². The Hall–Kier alpha value is -3.14. The van der Waals surface area contributed by atoms with Gasteiger partial charge in [0.05, 0.1) is 6.04 Å². The molecule has 0 radical (unpaired) electrons. The highest BCUT2D eigenvalue weighted by Crippen LogP contribution is 2.09. The van der Waals surface area contributed by atoms with Gasteiger partial charge in [-0.05, 0) is 37.8 Å². The first-order valence-corrected chi connectivity index (χ1v) is 10.0. The first-order valence-electron chi connectivity index (χ1n) is 10.0. The van der Waals surface area contributed by atoms with Crippen LogP contribution in [-0.4, -0.2) is 60.1 Å². The van der Waals surface area contributed by atoms with E-state index in [2.05, 4.69) is 20.9 Å². The van der Waals surface area contributed by atoms with Gasteiger partial charge in [-0.2, -0.15) is 0 Å². The van der Waals surface area contributed by atoms with E-state index >= 15 is 0 Å². The van der Waals surface area contributed by atoms with Gasteiger partial charge in [0.25, 0.3) is 0 Å². The molecule has 0 bridgehead atoms. The molecule has 1 heterocycles. The molecule has 2 unspecified atom stereocenters. The Morgan fingerprint density at radius 2 is 1.90 bits per heavy atom. The van der Waals surface area contributed by atoms with Crippen LogP contribution in [-0.2, 0) is 20.8 Å². The summed E-state index contributed by atoms with van der Waals surface area (Å²) < 4.78 is 0. The van der Waals surface area contributed by atoms with Gasteiger partial charge in [0.2, 0.25) is 11.8 Å². The minimum atomic E-state index is -1.16. The third kappa shape index (κ3) is 7.70. The molecule has 2 amide bonds. The molecule has 0 aliphatic carbocycles. The average Bonchev–Trinajstić information content (AvgIpc) is 3.25. The second kappa shape index (κ2) is 11.8. The van der Waals surface area contributed by atoms with E-state index in [9.17, 15) is 19.5 Å². The highest BCUT2D eigenvalue weighted by molar-refractivity contribution is 5.92. The molecule has 1 fully saturated rings. The summed E-state index contributed by atoms with van der Waals surface area (Å²) in [6, 6.07) is 6.91. The van der Waals surface area contributed by atoms with E-state index in [0.717, 1.165) is 18.5 Å². The quantitative estimate of drug-likeness (QED) is 0.153. The van der Waals surface area contributed by atoms with Crippen LogP contribution >= 0.6 is 0 Å². The molecule has 164 valence electrons. The Labute approximate surface area is 175 Å². The van der Waals surface area contributed by atoms with E-state index in [1.165, 1.54) is 0 Å². The minimum Gasteiger partial charge on any atom is -0.480 e.